The normalized spacial score (nSPS) is 11.7. The number of hydrogen-bond acceptors (Lipinski definition) is 3. The van der Waals surface area contributed by atoms with Crippen molar-refractivity contribution < 1.29 is 9.59 Å². The van der Waals surface area contributed by atoms with Gasteiger partial charge in [-0.25, -0.2) is 4.79 Å². The Hall–Kier alpha value is -2.47. The van der Waals surface area contributed by atoms with Gasteiger partial charge in [0.25, 0.3) is 0 Å². The van der Waals surface area contributed by atoms with Crippen LogP contribution >= 0.6 is 11.8 Å². The molecular weight excluding hydrogens is 358 g/mol. The Morgan fingerprint density at radius 1 is 0.963 bits per heavy atom. The molecule has 2 aromatic rings. The number of anilines is 2. The van der Waals surface area contributed by atoms with Crippen LogP contribution in [0.3, 0.4) is 0 Å². The van der Waals surface area contributed by atoms with Gasteiger partial charge in [0, 0.05) is 23.7 Å². The zero-order valence-corrected chi connectivity index (χ0v) is 16.8. The summed E-state index contributed by atoms with van der Waals surface area (Å²) in [6.45, 7) is 6.51. The molecule has 1 atom stereocenters. The zero-order chi connectivity index (χ0) is 19.6. The Morgan fingerprint density at radius 2 is 1.63 bits per heavy atom. The van der Waals surface area contributed by atoms with Crippen molar-refractivity contribution in [3.63, 3.8) is 0 Å². The van der Waals surface area contributed by atoms with Gasteiger partial charge < -0.3 is 16.0 Å². The molecule has 0 bridgehead atoms. The molecular formula is C21H27N3O2S. The van der Waals surface area contributed by atoms with Crippen molar-refractivity contribution in [2.75, 3.05) is 17.2 Å². The van der Waals surface area contributed by atoms with Crippen molar-refractivity contribution in [1.29, 1.82) is 0 Å². The lowest BCUT2D eigenvalue weighted by Crippen LogP contribution is -2.30. The van der Waals surface area contributed by atoms with Crippen LogP contribution in [-0.2, 0) is 10.5 Å². The van der Waals surface area contributed by atoms with Crippen LogP contribution in [0.1, 0.15) is 26.3 Å². The molecule has 0 saturated carbocycles. The second-order valence-corrected chi connectivity index (χ2v) is 7.65. The number of carbonyl (C=O) groups excluding carboxylic acids is 2. The summed E-state index contributed by atoms with van der Waals surface area (Å²) in [6, 6.07) is 17.0. The second-order valence-electron chi connectivity index (χ2n) is 6.52. The van der Waals surface area contributed by atoms with Crippen LogP contribution in [0.5, 0.6) is 0 Å². The quantitative estimate of drug-likeness (QED) is 0.615. The number of amides is 3. The maximum atomic E-state index is 12.8. The van der Waals surface area contributed by atoms with Crippen molar-refractivity contribution >= 4 is 35.1 Å². The summed E-state index contributed by atoms with van der Waals surface area (Å²) in [7, 11) is 0. The first-order valence-corrected chi connectivity index (χ1v) is 10.2. The van der Waals surface area contributed by atoms with Crippen LogP contribution in [0.25, 0.3) is 0 Å². The topological polar surface area (TPSA) is 70.2 Å². The van der Waals surface area contributed by atoms with Crippen molar-refractivity contribution in [2.24, 2.45) is 5.92 Å². The Kier molecular flexibility index (Phi) is 8.20. The number of thioether (sulfide) groups is 1. The van der Waals surface area contributed by atoms with Gasteiger partial charge in [-0.2, -0.15) is 0 Å². The number of benzene rings is 2. The molecule has 27 heavy (non-hydrogen) atoms. The monoisotopic (exact) mass is 385 g/mol. The second kappa shape index (κ2) is 10.6. The molecule has 0 heterocycles. The summed E-state index contributed by atoms with van der Waals surface area (Å²) in [4.78, 5) is 24.4. The van der Waals surface area contributed by atoms with E-state index < -0.39 is 0 Å². The maximum absolute atomic E-state index is 12.8. The van der Waals surface area contributed by atoms with Crippen LogP contribution in [0.15, 0.2) is 54.6 Å². The molecule has 3 amide bonds. The lowest BCUT2D eigenvalue weighted by molar-refractivity contribution is -0.116. The molecule has 2 rings (SSSR count). The molecule has 144 valence electrons. The third-order valence-electron chi connectivity index (χ3n) is 3.86. The number of hydrogen-bond donors (Lipinski definition) is 3. The minimum atomic E-state index is -0.264. The van der Waals surface area contributed by atoms with E-state index in [0.717, 1.165) is 5.75 Å². The first-order chi connectivity index (χ1) is 13.0. The van der Waals surface area contributed by atoms with Gasteiger partial charge in [0.05, 0.1) is 5.25 Å². The van der Waals surface area contributed by atoms with Crippen LogP contribution in [-0.4, -0.2) is 23.7 Å². The van der Waals surface area contributed by atoms with E-state index in [9.17, 15) is 9.59 Å². The molecule has 0 saturated heterocycles. The van der Waals surface area contributed by atoms with E-state index in [1.807, 2.05) is 31.2 Å². The molecule has 1 unspecified atom stereocenters. The van der Waals surface area contributed by atoms with E-state index in [4.69, 9.17) is 0 Å². The van der Waals surface area contributed by atoms with E-state index in [1.165, 1.54) is 5.56 Å². The average molecular weight is 386 g/mol. The summed E-state index contributed by atoms with van der Waals surface area (Å²) in [5.41, 5.74) is 2.51. The lowest BCUT2D eigenvalue weighted by Gasteiger charge is -2.20. The van der Waals surface area contributed by atoms with Gasteiger partial charge in [0.15, 0.2) is 0 Å². The third kappa shape index (κ3) is 6.98. The summed E-state index contributed by atoms with van der Waals surface area (Å²) >= 11 is 1.64. The molecule has 0 aliphatic rings. The predicted molar refractivity (Wildman–Crippen MR) is 114 cm³/mol. The summed E-state index contributed by atoms with van der Waals surface area (Å²) in [6.07, 6.45) is 0. The van der Waals surface area contributed by atoms with E-state index >= 15 is 0 Å². The van der Waals surface area contributed by atoms with Crippen LogP contribution < -0.4 is 16.0 Å². The molecule has 0 spiro atoms. The molecule has 5 nitrogen and oxygen atoms in total. The largest absolute Gasteiger partial charge is 0.338 e. The van der Waals surface area contributed by atoms with Gasteiger partial charge in [-0.05, 0) is 36.6 Å². The third-order valence-corrected chi connectivity index (χ3v) is 5.48. The fourth-order valence-corrected chi connectivity index (χ4v) is 3.71. The number of rotatable bonds is 8. The molecule has 0 aliphatic heterocycles. The molecule has 0 aromatic heterocycles. The highest BCUT2D eigenvalue weighted by Crippen LogP contribution is 2.26. The van der Waals surface area contributed by atoms with Gasteiger partial charge in [-0.1, -0.05) is 50.2 Å². The van der Waals surface area contributed by atoms with Gasteiger partial charge >= 0.3 is 6.03 Å². The highest BCUT2D eigenvalue weighted by Gasteiger charge is 2.23. The van der Waals surface area contributed by atoms with E-state index in [-0.39, 0.29) is 23.1 Å². The SMILES string of the molecule is CCNC(=O)Nc1cccc(NC(=O)C(SCc2ccccc2)C(C)C)c1. The Balaban J connectivity index is 1.99. The van der Waals surface area contributed by atoms with Crippen LogP contribution in [0.2, 0.25) is 0 Å². The minimum Gasteiger partial charge on any atom is -0.338 e. The molecule has 2 aromatic carbocycles. The van der Waals surface area contributed by atoms with Gasteiger partial charge in [0.1, 0.15) is 0 Å². The van der Waals surface area contributed by atoms with Crippen LogP contribution in [0, 0.1) is 5.92 Å². The molecule has 0 fully saturated rings. The Labute approximate surface area is 165 Å². The van der Waals surface area contributed by atoms with E-state index in [2.05, 4.69) is 41.9 Å². The fraction of sp³-hybridized carbons (Fsp3) is 0.333. The van der Waals surface area contributed by atoms with Crippen molar-refractivity contribution in [1.82, 2.24) is 5.32 Å². The summed E-state index contributed by atoms with van der Waals surface area (Å²) in [5.74, 6) is 0.965. The molecule has 0 radical (unpaired) electrons. The average Bonchev–Trinajstić information content (AvgIpc) is 2.63. The number of nitrogens with one attached hydrogen (secondary N) is 3. The number of urea groups is 1. The lowest BCUT2D eigenvalue weighted by atomic mass is 10.1. The highest BCUT2D eigenvalue weighted by molar-refractivity contribution is 7.99. The minimum absolute atomic E-state index is 0.0268. The standard InChI is InChI=1S/C21H27N3O2S/c1-4-22-21(26)24-18-12-8-11-17(13-18)23-20(25)19(15(2)3)27-14-16-9-6-5-7-10-16/h5-13,15,19H,4,14H2,1-3H3,(H,23,25)(H2,22,24,26). The first-order valence-electron chi connectivity index (χ1n) is 9.11. The number of carbonyl (C=O) groups is 2. The molecule has 6 heteroatoms. The Bertz CT molecular complexity index is 750. The van der Waals surface area contributed by atoms with Crippen molar-refractivity contribution in [3.05, 3.63) is 60.2 Å². The van der Waals surface area contributed by atoms with Gasteiger partial charge in [-0.3, -0.25) is 4.79 Å². The van der Waals surface area contributed by atoms with Crippen molar-refractivity contribution in [3.8, 4) is 0 Å². The van der Waals surface area contributed by atoms with E-state index in [1.54, 1.807) is 30.0 Å². The van der Waals surface area contributed by atoms with E-state index in [0.29, 0.717) is 17.9 Å². The first kappa shape index (κ1) is 20.8. The van der Waals surface area contributed by atoms with Crippen molar-refractivity contribution in [2.45, 2.75) is 31.8 Å². The predicted octanol–water partition coefficient (Wildman–Crippen LogP) is 4.72. The zero-order valence-electron chi connectivity index (χ0n) is 16.0. The van der Waals surface area contributed by atoms with Gasteiger partial charge in [-0.15, -0.1) is 11.8 Å². The molecule has 3 N–H and O–H groups in total. The Morgan fingerprint density at radius 3 is 2.26 bits per heavy atom. The summed E-state index contributed by atoms with van der Waals surface area (Å²) in [5, 5.41) is 8.24. The van der Waals surface area contributed by atoms with Crippen LogP contribution in [0.4, 0.5) is 16.2 Å². The maximum Gasteiger partial charge on any atom is 0.319 e. The highest BCUT2D eigenvalue weighted by atomic mass is 32.2. The molecule has 0 aliphatic carbocycles. The smallest absolute Gasteiger partial charge is 0.319 e. The fourth-order valence-electron chi connectivity index (χ4n) is 2.56. The van der Waals surface area contributed by atoms with Gasteiger partial charge in [0.2, 0.25) is 5.91 Å². The summed E-state index contributed by atoms with van der Waals surface area (Å²) < 4.78 is 0.